The molecular formula is C28H36N6. The molecule has 1 aliphatic heterocycles. The van der Waals surface area contributed by atoms with Crippen LogP contribution in [0.4, 0.5) is 5.82 Å². The molecule has 1 aromatic heterocycles. The molecule has 2 aromatic rings. The van der Waals surface area contributed by atoms with Crippen LogP contribution >= 0.6 is 0 Å². The highest BCUT2D eigenvalue weighted by Crippen LogP contribution is 2.37. The molecule has 2 heterocycles. The van der Waals surface area contributed by atoms with Crippen LogP contribution in [-0.2, 0) is 0 Å². The van der Waals surface area contributed by atoms with E-state index >= 15 is 0 Å². The smallest absolute Gasteiger partial charge is 0.161 e. The summed E-state index contributed by atoms with van der Waals surface area (Å²) in [6.07, 6.45) is 12.3. The minimum Gasteiger partial charge on any atom is -0.383 e. The molecule has 6 nitrogen and oxygen atoms in total. The van der Waals surface area contributed by atoms with Gasteiger partial charge >= 0.3 is 0 Å². The molecule has 0 spiro atoms. The Morgan fingerprint density at radius 3 is 2.85 bits per heavy atom. The predicted molar refractivity (Wildman–Crippen MR) is 143 cm³/mol. The maximum absolute atomic E-state index is 5.05. The van der Waals surface area contributed by atoms with Gasteiger partial charge in [0.05, 0.1) is 11.3 Å². The quantitative estimate of drug-likeness (QED) is 0.448. The lowest BCUT2D eigenvalue weighted by molar-refractivity contribution is 0.468. The second-order valence-electron chi connectivity index (χ2n) is 9.31. The highest BCUT2D eigenvalue weighted by molar-refractivity contribution is 6.11. The summed E-state index contributed by atoms with van der Waals surface area (Å²) in [6, 6.07) is 8.74. The highest BCUT2D eigenvalue weighted by Gasteiger charge is 2.39. The fraction of sp³-hybridized carbons (Fsp3) is 0.393. The summed E-state index contributed by atoms with van der Waals surface area (Å²) in [7, 11) is 5.84. The largest absolute Gasteiger partial charge is 0.383 e. The van der Waals surface area contributed by atoms with Gasteiger partial charge in [-0.25, -0.2) is 9.97 Å². The van der Waals surface area contributed by atoms with Gasteiger partial charge in [0, 0.05) is 51.7 Å². The average molecular weight is 457 g/mol. The molecule has 0 bridgehead atoms. The number of nitrogens with zero attached hydrogens (tertiary/aromatic N) is 4. The normalized spacial score (nSPS) is 22.8. The summed E-state index contributed by atoms with van der Waals surface area (Å²) in [6.45, 7) is 8.19. The summed E-state index contributed by atoms with van der Waals surface area (Å²) in [5, 5.41) is 7.36. The Hall–Kier alpha value is -3.25. The van der Waals surface area contributed by atoms with Gasteiger partial charge in [-0.15, -0.1) is 0 Å². The number of rotatable bonds is 8. The molecule has 34 heavy (non-hydrogen) atoms. The van der Waals surface area contributed by atoms with E-state index in [0.29, 0.717) is 17.8 Å². The monoisotopic (exact) mass is 456 g/mol. The van der Waals surface area contributed by atoms with Crippen LogP contribution in [0.15, 0.2) is 66.5 Å². The van der Waals surface area contributed by atoms with Crippen molar-refractivity contribution < 1.29 is 0 Å². The number of hydrogen-bond acceptors (Lipinski definition) is 6. The number of hydrogen-bond donors (Lipinski definition) is 2. The number of fused-ring (bicyclic) bond motifs is 1. The van der Waals surface area contributed by atoms with E-state index in [1.807, 2.05) is 63.5 Å². The van der Waals surface area contributed by atoms with Crippen LogP contribution in [0.2, 0.25) is 0 Å². The van der Waals surface area contributed by atoms with Crippen molar-refractivity contribution in [3.05, 3.63) is 72.6 Å². The van der Waals surface area contributed by atoms with E-state index in [-0.39, 0.29) is 0 Å². The number of aromatic nitrogens is 2. The third kappa shape index (κ3) is 5.12. The zero-order valence-corrected chi connectivity index (χ0v) is 20.8. The molecule has 0 amide bonds. The maximum Gasteiger partial charge on any atom is 0.161 e. The fourth-order valence-electron chi connectivity index (χ4n) is 5.13. The zero-order chi connectivity index (χ0) is 24.1. The number of anilines is 1. The van der Waals surface area contributed by atoms with Gasteiger partial charge < -0.3 is 15.5 Å². The fourth-order valence-corrected chi connectivity index (χ4v) is 5.13. The Balaban J connectivity index is 1.73. The van der Waals surface area contributed by atoms with E-state index in [1.54, 1.807) is 0 Å². The van der Waals surface area contributed by atoms with Crippen molar-refractivity contribution in [3.8, 4) is 11.4 Å². The first-order valence-electron chi connectivity index (χ1n) is 12.1. The van der Waals surface area contributed by atoms with E-state index < -0.39 is 0 Å². The molecule has 2 aliphatic rings. The van der Waals surface area contributed by atoms with E-state index in [4.69, 9.17) is 9.97 Å². The molecule has 1 saturated carbocycles. The molecule has 3 unspecified atom stereocenters. The highest BCUT2D eigenvalue weighted by atomic mass is 15.1. The molecule has 1 saturated heterocycles. The van der Waals surface area contributed by atoms with Crippen LogP contribution in [0.3, 0.4) is 0 Å². The predicted octanol–water partition coefficient (Wildman–Crippen LogP) is 4.64. The molecule has 6 heteroatoms. The van der Waals surface area contributed by atoms with Crippen molar-refractivity contribution in [2.45, 2.75) is 25.8 Å². The standard InChI is InChI=1S/C28H36N6/c1-6-9-25(29-3)24-17-31-27(21-11-8-10-20(14-21)19(7-2)18-34(4)5)33-28(24)32-26-13-12-22-15-30-16-23(22)26/h6-11,14,17-18,22-23,26,30H,2,12-13,15-16H2,1,3-5H3,(H,31,32,33)/b9-6-,19-18+,29-25?. The second-order valence-corrected chi connectivity index (χ2v) is 9.31. The van der Waals surface area contributed by atoms with Gasteiger partial charge in [0.25, 0.3) is 0 Å². The van der Waals surface area contributed by atoms with Crippen molar-refractivity contribution in [2.24, 2.45) is 16.8 Å². The van der Waals surface area contributed by atoms with Gasteiger partial charge in [-0.2, -0.15) is 0 Å². The molecule has 1 aromatic carbocycles. The summed E-state index contributed by atoms with van der Waals surface area (Å²) < 4.78 is 0. The second kappa shape index (κ2) is 10.8. The van der Waals surface area contributed by atoms with Gasteiger partial charge in [-0.3, -0.25) is 4.99 Å². The lowest BCUT2D eigenvalue weighted by atomic mass is 9.97. The Morgan fingerprint density at radius 1 is 1.26 bits per heavy atom. The van der Waals surface area contributed by atoms with Crippen molar-refractivity contribution in [2.75, 3.05) is 39.5 Å². The van der Waals surface area contributed by atoms with E-state index in [1.165, 1.54) is 12.8 Å². The van der Waals surface area contributed by atoms with Crippen LogP contribution in [0.5, 0.6) is 0 Å². The van der Waals surface area contributed by atoms with Gasteiger partial charge in [-0.1, -0.05) is 36.9 Å². The van der Waals surface area contributed by atoms with E-state index in [2.05, 4.69) is 46.6 Å². The minimum atomic E-state index is 0.409. The molecule has 2 fully saturated rings. The lowest BCUT2D eigenvalue weighted by Gasteiger charge is -2.22. The number of aliphatic imine (C=N–C) groups is 1. The Kier molecular flexibility index (Phi) is 7.58. The third-order valence-corrected chi connectivity index (χ3v) is 6.78. The van der Waals surface area contributed by atoms with Crippen molar-refractivity contribution in [1.29, 1.82) is 0 Å². The first-order valence-corrected chi connectivity index (χ1v) is 12.1. The van der Waals surface area contributed by atoms with E-state index in [0.717, 1.165) is 52.8 Å². The Labute approximate surface area is 203 Å². The average Bonchev–Trinajstić information content (AvgIpc) is 3.46. The summed E-state index contributed by atoms with van der Waals surface area (Å²) in [4.78, 5) is 16.3. The van der Waals surface area contributed by atoms with Crippen LogP contribution in [0, 0.1) is 11.8 Å². The van der Waals surface area contributed by atoms with Crippen LogP contribution in [0.1, 0.15) is 30.9 Å². The van der Waals surface area contributed by atoms with Gasteiger partial charge in [-0.05, 0) is 61.4 Å². The Morgan fingerprint density at radius 2 is 2.12 bits per heavy atom. The van der Waals surface area contributed by atoms with Gasteiger partial charge in [0.2, 0.25) is 0 Å². The molecule has 1 aliphatic carbocycles. The van der Waals surface area contributed by atoms with E-state index in [9.17, 15) is 0 Å². The Bertz CT molecular complexity index is 1110. The molecule has 0 radical (unpaired) electrons. The van der Waals surface area contributed by atoms with Crippen LogP contribution in [-0.4, -0.2) is 60.9 Å². The molecule has 4 rings (SSSR count). The van der Waals surface area contributed by atoms with Crippen LogP contribution in [0.25, 0.3) is 17.0 Å². The third-order valence-electron chi connectivity index (χ3n) is 6.78. The van der Waals surface area contributed by atoms with Gasteiger partial charge in [0.1, 0.15) is 5.82 Å². The number of benzene rings is 1. The minimum absolute atomic E-state index is 0.409. The SMILES string of the molecule is C=C/C(=C\N(C)C)c1cccc(-c2ncc(C(/C=C\C)=NC)c(NC3CCC4CNCC43)n2)c1. The van der Waals surface area contributed by atoms with Crippen molar-refractivity contribution >= 4 is 17.1 Å². The van der Waals surface area contributed by atoms with Crippen LogP contribution < -0.4 is 10.6 Å². The number of nitrogens with one attached hydrogen (secondary N) is 2. The number of allylic oxidation sites excluding steroid dienone is 4. The van der Waals surface area contributed by atoms with Crippen molar-refractivity contribution in [1.82, 2.24) is 20.2 Å². The maximum atomic E-state index is 5.05. The topological polar surface area (TPSA) is 65.4 Å². The summed E-state index contributed by atoms with van der Waals surface area (Å²) in [5.74, 6) is 2.97. The molecule has 178 valence electrons. The summed E-state index contributed by atoms with van der Waals surface area (Å²) in [5.41, 5.74) is 4.94. The van der Waals surface area contributed by atoms with Gasteiger partial charge in [0.15, 0.2) is 5.82 Å². The first kappa shape index (κ1) is 23.9. The first-order chi connectivity index (χ1) is 16.5. The van der Waals surface area contributed by atoms with Crippen molar-refractivity contribution in [3.63, 3.8) is 0 Å². The zero-order valence-electron chi connectivity index (χ0n) is 20.8. The molecule has 3 atom stereocenters. The summed E-state index contributed by atoms with van der Waals surface area (Å²) >= 11 is 0. The lowest BCUT2D eigenvalue weighted by Crippen LogP contribution is -2.29. The molecular weight excluding hydrogens is 420 g/mol. The molecule has 2 N–H and O–H groups in total.